The molecule has 0 radical (unpaired) electrons. The Balaban J connectivity index is 2.61. The maximum atomic E-state index is 12.7. The molecule has 1 N–H and O–H groups in total. The zero-order valence-corrected chi connectivity index (χ0v) is 7.15. The average Bonchev–Trinajstić information content (AvgIpc) is 2.11. The highest BCUT2D eigenvalue weighted by atomic mass is 19.1. The lowest BCUT2D eigenvalue weighted by molar-refractivity contribution is -0.123. The molecular formula is C8H14FNO. The van der Waals surface area contributed by atoms with Crippen molar-refractivity contribution in [2.24, 2.45) is 5.41 Å². The van der Waals surface area contributed by atoms with Crippen LogP contribution in [0.3, 0.4) is 0 Å². The molecule has 64 valence electrons. The number of halogens is 1. The molecule has 0 aromatic heterocycles. The molecule has 1 aliphatic heterocycles. The number of hydrogen-bond donors (Lipinski definition) is 1. The summed E-state index contributed by atoms with van der Waals surface area (Å²) in [4.78, 5) is 10.7. The molecule has 2 atom stereocenters. The highest BCUT2D eigenvalue weighted by molar-refractivity contribution is 5.83. The largest absolute Gasteiger partial charge is 0.350 e. The number of carbonyl (C=O) groups is 1. The van der Waals surface area contributed by atoms with Crippen LogP contribution in [-0.2, 0) is 4.79 Å². The van der Waals surface area contributed by atoms with Crippen molar-refractivity contribution in [3.8, 4) is 0 Å². The van der Waals surface area contributed by atoms with Crippen LogP contribution in [0.4, 0.5) is 4.39 Å². The fraction of sp³-hybridized carbons (Fsp3) is 0.875. The molecule has 0 aliphatic carbocycles. The third kappa shape index (κ3) is 1.70. The molecular weight excluding hydrogens is 145 g/mol. The number of carbonyl (C=O) groups excluding carboxylic acids is 1. The first-order valence-electron chi connectivity index (χ1n) is 3.85. The van der Waals surface area contributed by atoms with Crippen LogP contribution >= 0.6 is 0 Å². The quantitative estimate of drug-likeness (QED) is 0.566. The molecule has 0 bridgehead atoms. The van der Waals surface area contributed by atoms with Crippen molar-refractivity contribution in [2.75, 3.05) is 0 Å². The van der Waals surface area contributed by atoms with Crippen LogP contribution in [0, 0.1) is 5.41 Å². The summed E-state index contributed by atoms with van der Waals surface area (Å²) in [5.74, 6) is -0.454. The average molecular weight is 159 g/mol. The number of hydrogen-bond acceptors (Lipinski definition) is 1. The second kappa shape index (κ2) is 2.47. The highest BCUT2D eigenvalue weighted by Crippen LogP contribution is 2.27. The number of nitrogens with one attached hydrogen (secondary N) is 1. The number of rotatable bonds is 0. The predicted molar refractivity (Wildman–Crippen MR) is 40.9 cm³/mol. The second-order valence-electron chi connectivity index (χ2n) is 4.13. The summed E-state index contributed by atoms with van der Waals surface area (Å²) >= 11 is 0. The lowest BCUT2D eigenvalue weighted by Crippen LogP contribution is -2.36. The molecule has 1 aliphatic rings. The SMILES string of the molecule is CC(C)(C)[C@H]1C[C@H](F)C(=O)N1. The summed E-state index contributed by atoms with van der Waals surface area (Å²) in [6.07, 6.45) is -0.971. The van der Waals surface area contributed by atoms with E-state index in [4.69, 9.17) is 0 Å². The van der Waals surface area contributed by atoms with Crippen LogP contribution in [0.5, 0.6) is 0 Å². The molecule has 1 fully saturated rings. The maximum absolute atomic E-state index is 12.7. The Hall–Kier alpha value is -0.600. The zero-order chi connectivity index (χ0) is 8.65. The van der Waals surface area contributed by atoms with Crippen molar-refractivity contribution in [3.05, 3.63) is 0 Å². The van der Waals surface area contributed by atoms with E-state index in [0.717, 1.165) is 0 Å². The first kappa shape index (κ1) is 8.50. The van der Waals surface area contributed by atoms with Crippen LogP contribution in [0.1, 0.15) is 27.2 Å². The first-order chi connectivity index (χ1) is 4.91. The lowest BCUT2D eigenvalue weighted by atomic mass is 9.86. The van der Waals surface area contributed by atoms with E-state index in [-0.39, 0.29) is 11.5 Å². The topological polar surface area (TPSA) is 29.1 Å². The van der Waals surface area contributed by atoms with Gasteiger partial charge in [-0.1, -0.05) is 20.8 Å². The van der Waals surface area contributed by atoms with Crippen LogP contribution in [0.2, 0.25) is 0 Å². The van der Waals surface area contributed by atoms with E-state index in [1.165, 1.54) is 0 Å². The van der Waals surface area contributed by atoms with Crippen LogP contribution in [-0.4, -0.2) is 18.1 Å². The van der Waals surface area contributed by atoms with E-state index >= 15 is 0 Å². The Morgan fingerprint density at radius 1 is 1.55 bits per heavy atom. The summed E-state index contributed by atoms with van der Waals surface area (Å²) in [6, 6.07) is -0.00926. The summed E-state index contributed by atoms with van der Waals surface area (Å²) < 4.78 is 12.7. The maximum Gasteiger partial charge on any atom is 0.254 e. The number of amides is 1. The molecule has 0 spiro atoms. The van der Waals surface area contributed by atoms with Crippen LogP contribution < -0.4 is 5.32 Å². The lowest BCUT2D eigenvalue weighted by Gasteiger charge is -2.25. The van der Waals surface area contributed by atoms with E-state index in [0.29, 0.717) is 6.42 Å². The van der Waals surface area contributed by atoms with Gasteiger partial charge in [0.2, 0.25) is 0 Å². The van der Waals surface area contributed by atoms with Crippen molar-refractivity contribution in [3.63, 3.8) is 0 Å². The van der Waals surface area contributed by atoms with Gasteiger partial charge in [-0.05, 0) is 5.41 Å². The Bertz CT molecular complexity index is 173. The normalized spacial score (nSPS) is 32.2. The van der Waals surface area contributed by atoms with Gasteiger partial charge in [-0.25, -0.2) is 4.39 Å². The van der Waals surface area contributed by atoms with Gasteiger partial charge in [0, 0.05) is 12.5 Å². The Kier molecular flexibility index (Phi) is 1.90. The minimum Gasteiger partial charge on any atom is -0.350 e. The first-order valence-corrected chi connectivity index (χ1v) is 3.85. The van der Waals surface area contributed by atoms with E-state index in [1.807, 2.05) is 20.8 Å². The third-order valence-corrected chi connectivity index (χ3v) is 2.09. The zero-order valence-electron chi connectivity index (χ0n) is 7.15. The second-order valence-corrected chi connectivity index (χ2v) is 4.13. The van der Waals surface area contributed by atoms with Crippen LogP contribution in [0.15, 0.2) is 0 Å². The molecule has 0 unspecified atom stereocenters. The number of alkyl halides is 1. The van der Waals surface area contributed by atoms with E-state index in [9.17, 15) is 9.18 Å². The Morgan fingerprint density at radius 2 is 2.09 bits per heavy atom. The van der Waals surface area contributed by atoms with Gasteiger partial charge in [0.25, 0.3) is 5.91 Å². The monoisotopic (exact) mass is 159 g/mol. The summed E-state index contributed by atoms with van der Waals surface area (Å²) in [5.41, 5.74) is -0.0312. The van der Waals surface area contributed by atoms with Crippen molar-refractivity contribution >= 4 is 5.91 Å². The van der Waals surface area contributed by atoms with Crippen molar-refractivity contribution < 1.29 is 9.18 Å². The smallest absolute Gasteiger partial charge is 0.254 e. The van der Waals surface area contributed by atoms with Crippen LogP contribution in [0.25, 0.3) is 0 Å². The molecule has 1 rings (SSSR count). The van der Waals surface area contributed by atoms with Gasteiger partial charge in [0.15, 0.2) is 6.17 Å². The summed E-state index contributed by atoms with van der Waals surface area (Å²) in [7, 11) is 0. The molecule has 1 amide bonds. The summed E-state index contributed by atoms with van der Waals surface area (Å²) in [6.45, 7) is 5.99. The van der Waals surface area contributed by atoms with Crippen molar-refractivity contribution in [2.45, 2.75) is 39.4 Å². The fourth-order valence-electron chi connectivity index (χ4n) is 1.21. The molecule has 0 aromatic rings. The molecule has 3 heteroatoms. The summed E-state index contributed by atoms with van der Waals surface area (Å²) in [5, 5.41) is 2.63. The predicted octanol–water partition coefficient (Wildman–Crippen LogP) is 1.26. The molecule has 11 heavy (non-hydrogen) atoms. The minimum absolute atomic E-state index is 0.00926. The molecule has 2 nitrogen and oxygen atoms in total. The van der Waals surface area contributed by atoms with Gasteiger partial charge >= 0.3 is 0 Å². The highest BCUT2D eigenvalue weighted by Gasteiger charge is 2.38. The van der Waals surface area contributed by atoms with Gasteiger partial charge in [-0.3, -0.25) is 4.79 Å². The molecule has 0 aromatic carbocycles. The van der Waals surface area contributed by atoms with Gasteiger partial charge in [0.05, 0.1) is 0 Å². The standard InChI is InChI=1S/C8H14FNO/c1-8(2,3)6-4-5(9)7(11)10-6/h5-6H,4H2,1-3H3,(H,10,11)/t5-,6+/m0/s1. The van der Waals surface area contributed by atoms with Gasteiger partial charge in [-0.2, -0.15) is 0 Å². The minimum atomic E-state index is -1.29. The van der Waals surface area contributed by atoms with Crippen molar-refractivity contribution in [1.82, 2.24) is 5.32 Å². The Morgan fingerprint density at radius 3 is 2.27 bits per heavy atom. The molecule has 0 saturated carbocycles. The Labute approximate surface area is 66.2 Å². The van der Waals surface area contributed by atoms with Gasteiger partial charge in [0.1, 0.15) is 0 Å². The van der Waals surface area contributed by atoms with Gasteiger partial charge in [-0.15, -0.1) is 0 Å². The molecule has 1 saturated heterocycles. The van der Waals surface area contributed by atoms with E-state index in [1.54, 1.807) is 0 Å². The van der Waals surface area contributed by atoms with E-state index in [2.05, 4.69) is 5.32 Å². The van der Waals surface area contributed by atoms with Crippen molar-refractivity contribution in [1.29, 1.82) is 0 Å². The fourth-order valence-corrected chi connectivity index (χ4v) is 1.21. The molecule has 1 heterocycles. The third-order valence-electron chi connectivity index (χ3n) is 2.09. The van der Waals surface area contributed by atoms with Gasteiger partial charge < -0.3 is 5.32 Å². The van der Waals surface area contributed by atoms with E-state index < -0.39 is 12.1 Å².